The molecule has 0 spiro atoms. The zero-order valence-corrected chi connectivity index (χ0v) is 10.0. The number of benzene rings is 1. The molecule has 2 aromatic rings. The molecule has 0 aliphatic rings. The normalized spacial score (nSPS) is 10.4. The Morgan fingerprint density at radius 1 is 1.43 bits per heavy atom. The zero-order chi connectivity index (χ0) is 10.1. The van der Waals surface area contributed by atoms with Crippen LogP contribution in [-0.2, 0) is 0 Å². The molecule has 6 heteroatoms. The van der Waals surface area contributed by atoms with Gasteiger partial charge in [-0.15, -0.1) is 0 Å². The molecule has 1 aromatic carbocycles. The Hall–Kier alpha value is -0.650. The Bertz CT molecular complexity index is 471. The summed E-state index contributed by atoms with van der Waals surface area (Å²) < 4.78 is 5.02. The number of nitrogen functional groups attached to an aromatic ring is 1. The summed E-state index contributed by atoms with van der Waals surface area (Å²) in [4.78, 5) is 4.06. The number of rotatable bonds is 1. The Balaban J connectivity index is 2.55. The van der Waals surface area contributed by atoms with Crippen LogP contribution in [0.3, 0.4) is 0 Å². The quantitative estimate of drug-likeness (QED) is 0.877. The van der Waals surface area contributed by atoms with Gasteiger partial charge in [0.15, 0.2) is 11.0 Å². The Morgan fingerprint density at radius 2 is 2.21 bits per heavy atom. The van der Waals surface area contributed by atoms with E-state index in [0.717, 1.165) is 21.6 Å². The van der Waals surface area contributed by atoms with E-state index in [4.69, 9.17) is 17.3 Å². The minimum Gasteiger partial charge on any atom is -0.374 e. The van der Waals surface area contributed by atoms with Crippen LogP contribution < -0.4 is 5.73 Å². The van der Waals surface area contributed by atoms with E-state index in [9.17, 15) is 0 Å². The molecule has 0 amide bonds. The number of nitrogens with two attached hydrogens (primary N) is 1. The second kappa shape index (κ2) is 3.84. The molecule has 0 radical (unpaired) electrons. The molecule has 0 aliphatic carbocycles. The molecule has 0 aliphatic heterocycles. The lowest BCUT2D eigenvalue weighted by molar-refractivity contribution is 1.33. The SMILES string of the molecule is Nc1nc(-c2cc(Br)ccc2Cl)ns1. The standard InChI is InChI=1S/C8H5BrClN3S/c9-4-1-2-6(10)5(3-4)7-12-8(11)14-13-7/h1-3H,(H2,11,12,13). The number of aromatic nitrogens is 2. The maximum absolute atomic E-state index is 6.00. The Labute approximate surface area is 98.2 Å². The van der Waals surface area contributed by atoms with Crippen LogP contribution in [0, 0.1) is 0 Å². The number of hydrogen-bond donors (Lipinski definition) is 1. The Kier molecular flexibility index (Phi) is 2.71. The highest BCUT2D eigenvalue weighted by Crippen LogP contribution is 2.29. The van der Waals surface area contributed by atoms with Gasteiger partial charge < -0.3 is 5.73 Å². The molecule has 3 nitrogen and oxygen atoms in total. The van der Waals surface area contributed by atoms with Crippen molar-refractivity contribution in [2.75, 3.05) is 5.73 Å². The molecule has 0 unspecified atom stereocenters. The first-order chi connectivity index (χ1) is 6.66. The fourth-order valence-electron chi connectivity index (χ4n) is 1.01. The maximum Gasteiger partial charge on any atom is 0.200 e. The summed E-state index contributed by atoms with van der Waals surface area (Å²) >= 11 is 10.5. The summed E-state index contributed by atoms with van der Waals surface area (Å²) in [5, 5.41) is 1.06. The molecule has 2 N–H and O–H groups in total. The molecule has 1 heterocycles. The predicted octanol–water partition coefficient (Wildman–Crippen LogP) is 3.20. The van der Waals surface area contributed by atoms with Crippen LogP contribution in [0.2, 0.25) is 5.02 Å². The second-order valence-corrected chi connectivity index (χ2v) is 4.69. The molecule has 0 saturated carbocycles. The van der Waals surface area contributed by atoms with E-state index in [1.54, 1.807) is 6.07 Å². The van der Waals surface area contributed by atoms with Gasteiger partial charge in [0, 0.05) is 21.6 Å². The van der Waals surface area contributed by atoms with E-state index in [1.165, 1.54) is 0 Å². The zero-order valence-electron chi connectivity index (χ0n) is 6.87. The van der Waals surface area contributed by atoms with Crippen LogP contribution in [0.4, 0.5) is 5.13 Å². The molecule has 72 valence electrons. The lowest BCUT2D eigenvalue weighted by Gasteiger charge is -1.99. The van der Waals surface area contributed by atoms with Gasteiger partial charge in [-0.1, -0.05) is 27.5 Å². The van der Waals surface area contributed by atoms with Crippen molar-refractivity contribution in [1.29, 1.82) is 0 Å². The molecule has 2 rings (SSSR count). The van der Waals surface area contributed by atoms with Crippen LogP contribution in [0.15, 0.2) is 22.7 Å². The van der Waals surface area contributed by atoms with Crippen LogP contribution in [0.25, 0.3) is 11.4 Å². The van der Waals surface area contributed by atoms with E-state index < -0.39 is 0 Å². The molecular formula is C8H5BrClN3S. The van der Waals surface area contributed by atoms with Crippen LogP contribution in [0.1, 0.15) is 0 Å². The van der Waals surface area contributed by atoms with E-state index in [0.29, 0.717) is 16.0 Å². The van der Waals surface area contributed by atoms with Gasteiger partial charge in [-0.3, -0.25) is 0 Å². The third kappa shape index (κ3) is 1.89. The lowest BCUT2D eigenvalue weighted by Crippen LogP contribution is -1.85. The fourth-order valence-corrected chi connectivity index (χ4v) is 2.02. The lowest BCUT2D eigenvalue weighted by atomic mass is 10.2. The molecule has 14 heavy (non-hydrogen) atoms. The average molecular weight is 291 g/mol. The molecule has 1 aromatic heterocycles. The molecular weight excluding hydrogens is 286 g/mol. The van der Waals surface area contributed by atoms with Crippen molar-refractivity contribution in [3.8, 4) is 11.4 Å². The smallest absolute Gasteiger partial charge is 0.200 e. The largest absolute Gasteiger partial charge is 0.374 e. The fraction of sp³-hybridized carbons (Fsp3) is 0. The van der Waals surface area contributed by atoms with Gasteiger partial charge in [0.1, 0.15) is 0 Å². The highest BCUT2D eigenvalue weighted by molar-refractivity contribution is 9.10. The van der Waals surface area contributed by atoms with Crippen molar-refractivity contribution >= 4 is 44.2 Å². The first-order valence-electron chi connectivity index (χ1n) is 3.71. The van der Waals surface area contributed by atoms with Gasteiger partial charge in [0.2, 0.25) is 0 Å². The highest BCUT2D eigenvalue weighted by Gasteiger charge is 2.09. The number of anilines is 1. The van der Waals surface area contributed by atoms with Crippen molar-refractivity contribution in [3.63, 3.8) is 0 Å². The van der Waals surface area contributed by atoms with Crippen molar-refractivity contribution in [3.05, 3.63) is 27.7 Å². The summed E-state index contributed by atoms with van der Waals surface area (Å²) in [6.45, 7) is 0. The first kappa shape index (κ1) is 9.89. The van der Waals surface area contributed by atoms with E-state index >= 15 is 0 Å². The van der Waals surface area contributed by atoms with E-state index in [-0.39, 0.29) is 0 Å². The monoisotopic (exact) mass is 289 g/mol. The van der Waals surface area contributed by atoms with Gasteiger partial charge in [-0.2, -0.15) is 9.36 Å². The third-order valence-corrected chi connectivity index (χ3v) is 2.98. The molecule has 0 saturated heterocycles. The first-order valence-corrected chi connectivity index (χ1v) is 5.66. The summed E-state index contributed by atoms with van der Waals surface area (Å²) in [7, 11) is 0. The summed E-state index contributed by atoms with van der Waals surface area (Å²) in [5.74, 6) is 0.568. The van der Waals surface area contributed by atoms with E-state index in [1.807, 2.05) is 12.1 Å². The van der Waals surface area contributed by atoms with Crippen LogP contribution in [0.5, 0.6) is 0 Å². The Morgan fingerprint density at radius 3 is 2.86 bits per heavy atom. The van der Waals surface area contributed by atoms with Crippen LogP contribution >= 0.6 is 39.1 Å². The van der Waals surface area contributed by atoms with Crippen molar-refractivity contribution in [2.24, 2.45) is 0 Å². The van der Waals surface area contributed by atoms with Crippen molar-refractivity contribution in [1.82, 2.24) is 9.36 Å². The minimum absolute atomic E-state index is 0.441. The number of halogens is 2. The average Bonchev–Trinajstić information content (AvgIpc) is 2.56. The topological polar surface area (TPSA) is 51.8 Å². The van der Waals surface area contributed by atoms with E-state index in [2.05, 4.69) is 25.3 Å². The summed E-state index contributed by atoms with van der Waals surface area (Å²) in [5.41, 5.74) is 6.28. The predicted molar refractivity (Wildman–Crippen MR) is 62.5 cm³/mol. The van der Waals surface area contributed by atoms with Crippen LogP contribution in [-0.4, -0.2) is 9.36 Å². The van der Waals surface area contributed by atoms with Crippen molar-refractivity contribution < 1.29 is 0 Å². The maximum atomic E-state index is 6.00. The van der Waals surface area contributed by atoms with Gasteiger partial charge in [-0.05, 0) is 18.2 Å². The minimum atomic E-state index is 0.441. The number of nitrogens with zero attached hydrogens (tertiary/aromatic N) is 2. The summed E-state index contributed by atoms with van der Waals surface area (Å²) in [6.07, 6.45) is 0. The second-order valence-electron chi connectivity index (χ2n) is 2.58. The highest BCUT2D eigenvalue weighted by atomic mass is 79.9. The molecule has 0 fully saturated rings. The summed E-state index contributed by atoms with van der Waals surface area (Å²) in [6, 6.07) is 5.52. The number of hydrogen-bond acceptors (Lipinski definition) is 4. The van der Waals surface area contributed by atoms with Gasteiger partial charge in [0.25, 0.3) is 0 Å². The van der Waals surface area contributed by atoms with Gasteiger partial charge in [-0.25, -0.2) is 0 Å². The van der Waals surface area contributed by atoms with Gasteiger partial charge >= 0.3 is 0 Å². The van der Waals surface area contributed by atoms with Gasteiger partial charge in [0.05, 0.1) is 5.02 Å². The third-order valence-electron chi connectivity index (χ3n) is 1.61. The molecule has 0 bridgehead atoms. The molecule has 0 atom stereocenters. The van der Waals surface area contributed by atoms with Crippen molar-refractivity contribution in [2.45, 2.75) is 0 Å².